The fourth-order valence-corrected chi connectivity index (χ4v) is 2.32. The molecule has 0 amide bonds. The highest BCUT2D eigenvalue weighted by atomic mass is 16.3. The minimum Gasteiger partial charge on any atom is -0.454 e. The van der Waals surface area contributed by atoms with E-state index in [-0.39, 0.29) is 0 Å². The summed E-state index contributed by atoms with van der Waals surface area (Å²) in [5, 5.41) is 10.4. The number of benzene rings is 2. The van der Waals surface area contributed by atoms with Crippen LogP contribution in [0.5, 0.6) is 0 Å². The number of furan rings is 1. The van der Waals surface area contributed by atoms with Gasteiger partial charge in [-0.25, -0.2) is 0 Å². The zero-order chi connectivity index (χ0) is 11.9. The molecular weight excluding hydrogens is 224 g/mol. The summed E-state index contributed by atoms with van der Waals surface area (Å²) in [6.07, 6.45) is 1.72. The number of nitrogens with one attached hydrogen (secondary N) is 1. The molecule has 3 heteroatoms. The molecule has 3 nitrogen and oxygen atoms in total. The fourth-order valence-electron chi connectivity index (χ4n) is 2.32. The zero-order valence-corrected chi connectivity index (χ0v) is 9.55. The van der Waals surface area contributed by atoms with Gasteiger partial charge in [0.2, 0.25) is 0 Å². The summed E-state index contributed by atoms with van der Waals surface area (Å²) in [6, 6.07) is 16.4. The van der Waals surface area contributed by atoms with E-state index in [0.717, 1.165) is 22.4 Å². The maximum absolute atomic E-state index is 5.85. The topological polar surface area (TPSA) is 41.8 Å². The molecule has 0 saturated carbocycles. The second-order valence-electron chi connectivity index (χ2n) is 4.28. The van der Waals surface area contributed by atoms with Gasteiger partial charge in [0.05, 0.1) is 0 Å². The average molecular weight is 234 g/mol. The number of rotatable bonds is 1. The first-order valence-electron chi connectivity index (χ1n) is 5.83. The number of hydrogen-bond acceptors (Lipinski definition) is 2. The lowest BCUT2D eigenvalue weighted by Crippen LogP contribution is -1.72. The molecule has 1 N–H and O–H groups in total. The minimum atomic E-state index is 0.818. The lowest BCUT2D eigenvalue weighted by atomic mass is 10.1. The third-order valence-electron chi connectivity index (χ3n) is 3.19. The van der Waals surface area contributed by atoms with Gasteiger partial charge in [-0.3, -0.25) is 5.10 Å². The van der Waals surface area contributed by atoms with Crippen molar-refractivity contribution in [3.05, 3.63) is 54.7 Å². The number of H-pyrrole nitrogens is 1. The molecule has 18 heavy (non-hydrogen) atoms. The van der Waals surface area contributed by atoms with Gasteiger partial charge in [-0.2, -0.15) is 5.10 Å². The van der Waals surface area contributed by atoms with Crippen molar-refractivity contribution in [2.75, 3.05) is 0 Å². The maximum Gasteiger partial charge on any atom is 0.153 e. The molecule has 0 aliphatic heterocycles. The fraction of sp³-hybridized carbons (Fsp3) is 0. The Morgan fingerprint density at radius 2 is 1.89 bits per heavy atom. The Morgan fingerprint density at radius 3 is 2.78 bits per heavy atom. The predicted molar refractivity (Wildman–Crippen MR) is 71.3 cm³/mol. The second kappa shape index (κ2) is 3.47. The molecule has 0 atom stereocenters. The maximum atomic E-state index is 5.85. The van der Waals surface area contributed by atoms with Crippen LogP contribution < -0.4 is 0 Å². The molecule has 2 aromatic carbocycles. The van der Waals surface area contributed by atoms with Gasteiger partial charge in [0.25, 0.3) is 0 Å². The van der Waals surface area contributed by atoms with Crippen LogP contribution in [-0.2, 0) is 0 Å². The Kier molecular flexibility index (Phi) is 1.83. The van der Waals surface area contributed by atoms with E-state index in [0.29, 0.717) is 0 Å². The van der Waals surface area contributed by atoms with E-state index < -0.39 is 0 Å². The third kappa shape index (κ3) is 1.27. The van der Waals surface area contributed by atoms with Gasteiger partial charge < -0.3 is 4.42 Å². The van der Waals surface area contributed by atoms with E-state index in [1.165, 1.54) is 10.8 Å². The molecule has 4 aromatic rings. The molecule has 2 aromatic heterocycles. The molecular formula is C15H10N2O. The highest BCUT2D eigenvalue weighted by molar-refractivity contribution is 6.06. The van der Waals surface area contributed by atoms with Gasteiger partial charge in [0.15, 0.2) is 5.76 Å². The van der Waals surface area contributed by atoms with Crippen molar-refractivity contribution < 1.29 is 4.42 Å². The van der Waals surface area contributed by atoms with Gasteiger partial charge >= 0.3 is 0 Å². The molecule has 0 radical (unpaired) electrons. The monoisotopic (exact) mass is 234 g/mol. The molecule has 0 unspecified atom stereocenters. The van der Waals surface area contributed by atoms with Gasteiger partial charge in [0.1, 0.15) is 11.3 Å². The van der Waals surface area contributed by atoms with Gasteiger partial charge in [-0.1, -0.05) is 30.3 Å². The summed E-state index contributed by atoms with van der Waals surface area (Å²) >= 11 is 0. The first kappa shape index (κ1) is 9.48. The summed E-state index contributed by atoms with van der Waals surface area (Å²) < 4.78 is 5.85. The van der Waals surface area contributed by atoms with Gasteiger partial charge in [-0.15, -0.1) is 0 Å². The summed E-state index contributed by atoms with van der Waals surface area (Å²) in [5.74, 6) is 0.818. The van der Waals surface area contributed by atoms with Gasteiger partial charge in [0, 0.05) is 11.6 Å². The highest BCUT2D eigenvalue weighted by Gasteiger charge is 2.09. The molecule has 4 rings (SSSR count). The Hall–Kier alpha value is -2.55. The first-order valence-corrected chi connectivity index (χ1v) is 5.83. The van der Waals surface area contributed by atoms with Gasteiger partial charge in [-0.05, 0) is 29.0 Å². The molecule has 0 aliphatic rings. The number of nitrogens with zero attached hydrogens (tertiary/aromatic N) is 1. The van der Waals surface area contributed by atoms with E-state index in [2.05, 4.69) is 34.5 Å². The van der Waals surface area contributed by atoms with E-state index in [1.807, 2.05) is 24.3 Å². The van der Waals surface area contributed by atoms with Crippen molar-refractivity contribution in [1.29, 1.82) is 0 Å². The van der Waals surface area contributed by atoms with Crippen LogP contribution in [0.1, 0.15) is 0 Å². The SMILES string of the molecule is c1ccc2c(c1)ccc1oc(-c3ccn[nH]3)cc12. The first-order chi connectivity index (χ1) is 8.92. The Morgan fingerprint density at radius 1 is 0.944 bits per heavy atom. The Labute approximate surface area is 103 Å². The molecule has 0 spiro atoms. The van der Waals surface area contributed by atoms with E-state index in [9.17, 15) is 0 Å². The van der Waals surface area contributed by atoms with Crippen LogP contribution in [0.25, 0.3) is 33.2 Å². The third-order valence-corrected chi connectivity index (χ3v) is 3.19. The van der Waals surface area contributed by atoms with Crippen LogP contribution in [-0.4, -0.2) is 10.2 Å². The van der Waals surface area contributed by atoms with E-state index in [1.54, 1.807) is 6.20 Å². The number of fused-ring (bicyclic) bond motifs is 3. The molecule has 0 fully saturated rings. The second-order valence-corrected chi connectivity index (χ2v) is 4.28. The lowest BCUT2D eigenvalue weighted by molar-refractivity contribution is 0.628. The summed E-state index contributed by atoms with van der Waals surface area (Å²) in [6.45, 7) is 0. The van der Waals surface area contributed by atoms with E-state index >= 15 is 0 Å². The molecule has 0 bridgehead atoms. The standard InChI is InChI=1S/C15H10N2O/c1-2-4-11-10(3-1)5-6-14-12(11)9-15(18-14)13-7-8-16-17-13/h1-9H,(H,16,17). The predicted octanol–water partition coefficient (Wildman–Crippen LogP) is 3.98. The van der Waals surface area contributed by atoms with Crippen molar-refractivity contribution in [3.63, 3.8) is 0 Å². The highest BCUT2D eigenvalue weighted by Crippen LogP contribution is 2.31. The van der Waals surface area contributed by atoms with Crippen LogP contribution >= 0.6 is 0 Å². The number of aromatic nitrogens is 2. The van der Waals surface area contributed by atoms with Crippen molar-refractivity contribution in [2.45, 2.75) is 0 Å². The van der Waals surface area contributed by atoms with Crippen LogP contribution in [0.4, 0.5) is 0 Å². The zero-order valence-electron chi connectivity index (χ0n) is 9.55. The van der Waals surface area contributed by atoms with Crippen LogP contribution in [0.2, 0.25) is 0 Å². The van der Waals surface area contributed by atoms with Crippen LogP contribution in [0.3, 0.4) is 0 Å². The summed E-state index contributed by atoms with van der Waals surface area (Å²) in [4.78, 5) is 0. The number of hydrogen-bond donors (Lipinski definition) is 1. The Balaban J connectivity index is 2.08. The van der Waals surface area contributed by atoms with Crippen molar-refractivity contribution in [2.24, 2.45) is 0 Å². The summed E-state index contributed by atoms with van der Waals surface area (Å²) in [5.41, 5.74) is 1.80. The largest absolute Gasteiger partial charge is 0.454 e. The van der Waals surface area contributed by atoms with Crippen molar-refractivity contribution in [3.8, 4) is 11.5 Å². The summed E-state index contributed by atoms with van der Waals surface area (Å²) in [7, 11) is 0. The average Bonchev–Trinajstić information content (AvgIpc) is 3.07. The quantitative estimate of drug-likeness (QED) is 0.541. The van der Waals surface area contributed by atoms with Crippen molar-refractivity contribution >= 4 is 21.7 Å². The molecule has 0 saturated heterocycles. The lowest BCUT2D eigenvalue weighted by Gasteiger charge is -1.96. The molecule has 86 valence electrons. The Bertz CT molecular complexity index is 828. The minimum absolute atomic E-state index is 0.818. The number of aromatic amines is 1. The van der Waals surface area contributed by atoms with E-state index in [4.69, 9.17) is 4.42 Å². The van der Waals surface area contributed by atoms with Crippen LogP contribution in [0.15, 0.2) is 59.1 Å². The van der Waals surface area contributed by atoms with Crippen molar-refractivity contribution in [1.82, 2.24) is 10.2 Å². The molecule has 2 heterocycles. The normalized spacial score (nSPS) is 11.3. The molecule has 0 aliphatic carbocycles. The van der Waals surface area contributed by atoms with Crippen LogP contribution in [0, 0.1) is 0 Å². The smallest absolute Gasteiger partial charge is 0.153 e.